The average molecular weight is 297 g/mol. The molecule has 2 N–H and O–H groups in total. The van der Waals surface area contributed by atoms with E-state index in [2.05, 4.69) is 25.6 Å². The van der Waals surface area contributed by atoms with Gasteiger partial charge in [0.15, 0.2) is 0 Å². The first kappa shape index (κ1) is 17.4. The summed E-state index contributed by atoms with van der Waals surface area (Å²) in [6, 6.07) is 0.349. The topological polar surface area (TPSA) is 81.2 Å². The van der Waals surface area contributed by atoms with Crippen LogP contribution in [0, 0.1) is 0 Å². The largest absolute Gasteiger partial charge is 0.463 e. The van der Waals surface area contributed by atoms with Crippen molar-refractivity contribution in [2.24, 2.45) is 0 Å². The molecule has 0 saturated carbocycles. The molecule has 0 atom stereocenters. The lowest BCUT2D eigenvalue weighted by molar-refractivity contribution is 0.0765. The molecule has 1 aromatic heterocycles. The Hall–Kier alpha value is -1.63. The third kappa shape index (κ3) is 7.65. The van der Waals surface area contributed by atoms with Crippen molar-refractivity contribution >= 4 is 11.9 Å². The maximum absolute atomic E-state index is 5.49. The zero-order valence-electron chi connectivity index (χ0n) is 13.5. The number of hydrogen-bond donors (Lipinski definition) is 2. The monoisotopic (exact) mass is 297 g/mol. The van der Waals surface area contributed by atoms with Gasteiger partial charge in [-0.15, -0.1) is 0 Å². The van der Waals surface area contributed by atoms with Gasteiger partial charge in [-0.25, -0.2) is 0 Å². The maximum atomic E-state index is 5.49. The summed E-state index contributed by atoms with van der Waals surface area (Å²) in [7, 11) is 1.77. The SMILES string of the molecule is CCCOc1nc(NC)nc(NCCCCOC(C)C)n1. The van der Waals surface area contributed by atoms with E-state index < -0.39 is 0 Å². The molecule has 0 aromatic carbocycles. The van der Waals surface area contributed by atoms with Gasteiger partial charge in [-0.1, -0.05) is 6.92 Å². The summed E-state index contributed by atoms with van der Waals surface area (Å²) in [5, 5.41) is 6.09. The maximum Gasteiger partial charge on any atom is 0.323 e. The van der Waals surface area contributed by atoms with E-state index in [1.165, 1.54) is 0 Å². The van der Waals surface area contributed by atoms with Crippen molar-refractivity contribution in [1.82, 2.24) is 15.0 Å². The Morgan fingerprint density at radius 2 is 1.81 bits per heavy atom. The van der Waals surface area contributed by atoms with Crippen molar-refractivity contribution in [2.75, 3.05) is 37.4 Å². The lowest BCUT2D eigenvalue weighted by atomic mass is 10.3. The average Bonchev–Trinajstić information content (AvgIpc) is 2.48. The van der Waals surface area contributed by atoms with E-state index in [1.807, 2.05) is 20.8 Å². The van der Waals surface area contributed by atoms with Crippen LogP contribution in [0.25, 0.3) is 0 Å². The normalized spacial score (nSPS) is 10.7. The summed E-state index contributed by atoms with van der Waals surface area (Å²) in [5.41, 5.74) is 0. The number of unbranched alkanes of at least 4 members (excludes halogenated alkanes) is 1. The molecule has 7 heteroatoms. The minimum absolute atomic E-state index is 0.290. The lowest BCUT2D eigenvalue weighted by Gasteiger charge is -2.09. The fraction of sp³-hybridized carbons (Fsp3) is 0.786. The number of aromatic nitrogens is 3. The first-order chi connectivity index (χ1) is 10.2. The molecule has 0 bridgehead atoms. The van der Waals surface area contributed by atoms with E-state index in [1.54, 1.807) is 7.05 Å². The summed E-state index contributed by atoms with van der Waals surface area (Å²) in [5.74, 6) is 1.03. The molecule has 1 heterocycles. The van der Waals surface area contributed by atoms with Crippen LogP contribution in [0.15, 0.2) is 0 Å². The Kier molecular flexibility index (Phi) is 8.42. The molecule has 0 aliphatic rings. The Bertz CT molecular complexity index is 401. The smallest absolute Gasteiger partial charge is 0.323 e. The van der Waals surface area contributed by atoms with Crippen molar-refractivity contribution in [1.29, 1.82) is 0 Å². The lowest BCUT2D eigenvalue weighted by Crippen LogP contribution is -2.11. The van der Waals surface area contributed by atoms with Crippen LogP contribution in [0.2, 0.25) is 0 Å². The van der Waals surface area contributed by atoms with E-state index in [9.17, 15) is 0 Å². The molecule has 120 valence electrons. The zero-order valence-corrected chi connectivity index (χ0v) is 13.5. The number of ether oxygens (including phenoxy) is 2. The summed E-state index contributed by atoms with van der Waals surface area (Å²) in [6.07, 6.45) is 3.21. The standard InChI is InChI=1S/C14H27N5O2/c1-5-9-21-14-18-12(15-4)17-13(19-14)16-8-6-7-10-20-11(2)3/h11H,5-10H2,1-4H3,(H2,15,16,17,18,19). The zero-order chi connectivity index (χ0) is 15.5. The number of anilines is 2. The highest BCUT2D eigenvalue weighted by Crippen LogP contribution is 2.11. The van der Waals surface area contributed by atoms with Crippen LogP contribution in [-0.4, -0.2) is 47.9 Å². The highest BCUT2D eigenvalue weighted by Gasteiger charge is 2.06. The molecular formula is C14H27N5O2. The third-order valence-electron chi connectivity index (χ3n) is 2.58. The van der Waals surface area contributed by atoms with E-state index in [0.29, 0.717) is 24.5 Å². The Morgan fingerprint density at radius 1 is 1.05 bits per heavy atom. The van der Waals surface area contributed by atoms with Gasteiger partial charge in [-0.05, 0) is 33.1 Å². The van der Waals surface area contributed by atoms with E-state index in [0.717, 1.165) is 32.4 Å². The van der Waals surface area contributed by atoms with Crippen LogP contribution in [-0.2, 0) is 4.74 Å². The molecule has 1 aromatic rings. The van der Waals surface area contributed by atoms with Gasteiger partial charge < -0.3 is 20.1 Å². The van der Waals surface area contributed by atoms with Gasteiger partial charge in [0.1, 0.15) is 0 Å². The summed E-state index contributed by atoms with van der Waals surface area (Å²) >= 11 is 0. The molecule has 0 fully saturated rings. The molecule has 0 aliphatic carbocycles. The fourth-order valence-electron chi connectivity index (χ4n) is 1.55. The molecule has 1 rings (SSSR count). The summed E-state index contributed by atoms with van der Waals surface area (Å²) in [6.45, 7) is 8.29. The van der Waals surface area contributed by atoms with Gasteiger partial charge >= 0.3 is 6.01 Å². The van der Waals surface area contributed by atoms with Crippen molar-refractivity contribution in [2.45, 2.75) is 46.1 Å². The molecule has 0 spiro atoms. The highest BCUT2D eigenvalue weighted by molar-refractivity contribution is 5.35. The minimum Gasteiger partial charge on any atom is -0.463 e. The Labute approximate surface area is 126 Å². The van der Waals surface area contributed by atoms with Crippen LogP contribution in [0.4, 0.5) is 11.9 Å². The highest BCUT2D eigenvalue weighted by atomic mass is 16.5. The van der Waals surface area contributed by atoms with Crippen molar-refractivity contribution in [3.05, 3.63) is 0 Å². The first-order valence-electron chi connectivity index (χ1n) is 7.57. The first-order valence-corrected chi connectivity index (χ1v) is 7.57. The van der Waals surface area contributed by atoms with Crippen molar-refractivity contribution in [3.63, 3.8) is 0 Å². The van der Waals surface area contributed by atoms with E-state index in [4.69, 9.17) is 9.47 Å². The third-order valence-corrected chi connectivity index (χ3v) is 2.58. The summed E-state index contributed by atoms with van der Waals surface area (Å²) < 4.78 is 10.9. The molecular weight excluding hydrogens is 270 g/mol. The van der Waals surface area contributed by atoms with Gasteiger partial charge in [0.05, 0.1) is 12.7 Å². The number of nitrogens with one attached hydrogen (secondary N) is 2. The van der Waals surface area contributed by atoms with E-state index in [-0.39, 0.29) is 6.10 Å². The molecule has 0 saturated heterocycles. The number of nitrogens with zero attached hydrogens (tertiary/aromatic N) is 3. The van der Waals surface area contributed by atoms with Crippen LogP contribution in [0.5, 0.6) is 6.01 Å². The molecule has 0 aliphatic heterocycles. The fourth-order valence-corrected chi connectivity index (χ4v) is 1.55. The van der Waals surface area contributed by atoms with Crippen molar-refractivity contribution in [3.8, 4) is 6.01 Å². The Balaban J connectivity index is 2.39. The quantitative estimate of drug-likeness (QED) is 0.607. The number of rotatable bonds is 11. The van der Waals surface area contributed by atoms with Crippen LogP contribution in [0.3, 0.4) is 0 Å². The van der Waals surface area contributed by atoms with E-state index >= 15 is 0 Å². The number of hydrogen-bond acceptors (Lipinski definition) is 7. The minimum atomic E-state index is 0.290. The van der Waals surface area contributed by atoms with Crippen LogP contribution < -0.4 is 15.4 Å². The van der Waals surface area contributed by atoms with Crippen molar-refractivity contribution < 1.29 is 9.47 Å². The molecule has 0 amide bonds. The van der Waals surface area contributed by atoms with Gasteiger partial charge in [0.25, 0.3) is 0 Å². The predicted molar refractivity (Wildman–Crippen MR) is 84.0 cm³/mol. The second-order valence-corrected chi connectivity index (χ2v) is 4.92. The Morgan fingerprint density at radius 3 is 2.48 bits per heavy atom. The van der Waals surface area contributed by atoms with Crippen LogP contribution >= 0.6 is 0 Å². The molecule has 7 nitrogen and oxygen atoms in total. The van der Waals surface area contributed by atoms with Gasteiger partial charge in [-0.3, -0.25) is 0 Å². The van der Waals surface area contributed by atoms with Gasteiger partial charge in [-0.2, -0.15) is 15.0 Å². The van der Waals surface area contributed by atoms with Crippen LogP contribution in [0.1, 0.15) is 40.0 Å². The molecule has 21 heavy (non-hydrogen) atoms. The molecule has 0 radical (unpaired) electrons. The van der Waals surface area contributed by atoms with Gasteiger partial charge in [0, 0.05) is 20.2 Å². The second-order valence-electron chi connectivity index (χ2n) is 4.92. The predicted octanol–water partition coefficient (Wildman–Crippen LogP) is 2.32. The van der Waals surface area contributed by atoms with Gasteiger partial charge in [0.2, 0.25) is 11.9 Å². The second kappa shape index (κ2) is 10.1. The summed E-state index contributed by atoms with van der Waals surface area (Å²) in [4.78, 5) is 12.6. The molecule has 0 unspecified atom stereocenters.